The number of amides is 1. The molecule has 21 heavy (non-hydrogen) atoms. The van der Waals surface area contributed by atoms with Crippen molar-refractivity contribution in [2.24, 2.45) is 5.10 Å². The number of aromatic nitrogens is 1. The van der Waals surface area contributed by atoms with Crippen molar-refractivity contribution >= 4 is 35.1 Å². The highest BCUT2D eigenvalue weighted by Crippen LogP contribution is 2.33. The SMILES string of the molecule is Cc1csc(CC(=O)N/N=C/c2cc(O)c(O)c(Cl)c2)n1. The standard InChI is InChI=1S/C13H12ClN3O3S/c1-7-6-21-12(16-7)4-11(19)17-15-5-8-2-9(14)13(20)10(18)3-8/h2-3,5-6,18,20H,4H2,1H3,(H,17,19)/b15-5+. The van der Waals surface area contributed by atoms with Gasteiger partial charge in [-0.2, -0.15) is 5.10 Å². The summed E-state index contributed by atoms with van der Waals surface area (Å²) < 4.78 is 0. The molecular formula is C13H12ClN3O3S. The lowest BCUT2D eigenvalue weighted by atomic mass is 10.2. The van der Waals surface area contributed by atoms with Gasteiger partial charge < -0.3 is 10.2 Å². The van der Waals surface area contributed by atoms with Crippen LogP contribution in [0.2, 0.25) is 5.02 Å². The van der Waals surface area contributed by atoms with Crippen molar-refractivity contribution in [3.63, 3.8) is 0 Å². The number of hydrogen-bond acceptors (Lipinski definition) is 6. The zero-order chi connectivity index (χ0) is 15.4. The quantitative estimate of drug-likeness (QED) is 0.456. The molecule has 0 atom stereocenters. The molecule has 2 rings (SSSR count). The second-order valence-corrected chi connectivity index (χ2v) is 5.57. The number of hydrazone groups is 1. The lowest BCUT2D eigenvalue weighted by Crippen LogP contribution is -2.19. The first-order chi connectivity index (χ1) is 9.95. The van der Waals surface area contributed by atoms with Gasteiger partial charge in [-0.25, -0.2) is 10.4 Å². The molecule has 0 bridgehead atoms. The Bertz CT molecular complexity index is 677. The molecule has 0 aliphatic rings. The zero-order valence-electron chi connectivity index (χ0n) is 11.0. The van der Waals surface area contributed by atoms with E-state index in [9.17, 15) is 15.0 Å². The van der Waals surface area contributed by atoms with E-state index in [-0.39, 0.29) is 23.1 Å². The summed E-state index contributed by atoms with van der Waals surface area (Å²) in [7, 11) is 0. The van der Waals surface area contributed by atoms with E-state index in [4.69, 9.17) is 11.6 Å². The number of benzene rings is 1. The third kappa shape index (κ3) is 4.17. The number of hydrogen-bond donors (Lipinski definition) is 3. The maximum Gasteiger partial charge on any atom is 0.246 e. The Morgan fingerprint density at radius 1 is 1.52 bits per heavy atom. The number of aryl methyl sites for hydroxylation is 1. The van der Waals surface area contributed by atoms with E-state index in [1.54, 1.807) is 0 Å². The van der Waals surface area contributed by atoms with Crippen molar-refractivity contribution in [3.05, 3.63) is 38.8 Å². The summed E-state index contributed by atoms with van der Waals surface area (Å²) in [6.45, 7) is 1.86. The summed E-state index contributed by atoms with van der Waals surface area (Å²) in [5, 5.41) is 25.0. The highest BCUT2D eigenvalue weighted by Gasteiger charge is 2.07. The van der Waals surface area contributed by atoms with Gasteiger partial charge in [-0.3, -0.25) is 4.79 Å². The van der Waals surface area contributed by atoms with Crippen LogP contribution in [0.15, 0.2) is 22.6 Å². The van der Waals surface area contributed by atoms with Gasteiger partial charge in [0.25, 0.3) is 0 Å². The van der Waals surface area contributed by atoms with E-state index in [0.29, 0.717) is 10.6 Å². The molecule has 3 N–H and O–H groups in total. The van der Waals surface area contributed by atoms with Crippen LogP contribution in [0.1, 0.15) is 16.3 Å². The molecule has 110 valence electrons. The third-order valence-corrected chi connectivity index (χ3v) is 3.70. The average molecular weight is 326 g/mol. The third-order valence-electron chi connectivity index (χ3n) is 2.45. The summed E-state index contributed by atoms with van der Waals surface area (Å²) in [6, 6.07) is 2.69. The summed E-state index contributed by atoms with van der Waals surface area (Å²) in [5.41, 5.74) is 3.67. The first-order valence-corrected chi connectivity index (χ1v) is 7.16. The fraction of sp³-hybridized carbons (Fsp3) is 0.154. The van der Waals surface area contributed by atoms with E-state index in [2.05, 4.69) is 15.5 Å². The smallest absolute Gasteiger partial charge is 0.246 e. The molecule has 0 radical (unpaired) electrons. The topological polar surface area (TPSA) is 94.8 Å². The van der Waals surface area contributed by atoms with E-state index < -0.39 is 5.75 Å². The first kappa shape index (κ1) is 15.3. The van der Waals surface area contributed by atoms with Crippen LogP contribution in [0.25, 0.3) is 0 Å². The molecule has 2 aromatic rings. The number of aromatic hydroxyl groups is 2. The Morgan fingerprint density at radius 3 is 2.90 bits per heavy atom. The lowest BCUT2D eigenvalue weighted by Gasteiger charge is -2.01. The molecular weight excluding hydrogens is 314 g/mol. The number of carbonyl (C=O) groups excluding carboxylic acids is 1. The largest absolute Gasteiger partial charge is 0.504 e. The lowest BCUT2D eigenvalue weighted by molar-refractivity contribution is -0.120. The van der Waals surface area contributed by atoms with Gasteiger partial charge in [-0.15, -0.1) is 11.3 Å². The zero-order valence-corrected chi connectivity index (χ0v) is 12.6. The maximum absolute atomic E-state index is 11.6. The van der Waals surface area contributed by atoms with Gasteiger partial charge in [0.1, 0.15) is 5.01 Å². The van der Waals surface area contributed by atoms with Gasteiger partial charge in [0.2, 0.25) is 5.91 Å². The molecule has 0 saturated heterocycles. The van der Waals surface area contributed by atoms with Crippen molar-refractivity contribution < 1.29 is 15.0 Å². The maximum atomic E-state index is 11.6. The Balaban J connectivity index is 1.94. The molecule has 1 heterocycles. The molecule has 0 fully saturated rings. The van der Waals surface area contributed by atoms with Gasteiger partial charge in [-0.1, -0.05) is 11.6 Å². The number of nitrogens with zero attached hydrogens (tertiary/aromatic N) is 2. The first-order valence-electron chi connectivity index (χ1n) is 5.90. The van der Waals surface area contributed by atoms with Crippen LogP contribution in [0.4, 0.5) is 0 Å². The molecule has 0 saturated carbocycles. The van der Waals surface area contributed by atoms with Crippen LogP contribution in [-0.2, 0) is 11.2 Å². The monoisotopic (exact) mass is 325 g/mol. The van der Waals surface area contributed by atoms with Gasteiger partial charge in [-0.05, 0) is 24.6 Å². The minimum absolute atomic E-state index is 0.000960. The number of thiazole rings is 1. The van der Waals surface area contributed by atoms with E-state index >= 15 is 0 Å². The van der Waals surface area contributed by atoms with Crippen LogP contribution in [0.3, 0.4) is 0 Å². The normalized spacial score (nSPS) is 11.0. The second kappa shape index (κ2) is 6.55. The highest BCUT2D eigenvalue weighted by molar-refractivity contribution is 7.09. The van der Waals surface area contributed by atoms with E-state index in [1.165, 1.54) is 29.7 Å². The van der Waals surface area contributed by atoms with Crippen molar-refractivity contribution in [1.82, 2.24) is 10.4 Å². The summed E-state index contributed by atoms with van der Waals surface area (Å²) in [5.74, 6) is -1.04. The fourth-order valence-corrected chi connectivity index (χ4v) is 2.51. The highest BCUT2D eigenvalue weighted by atomic mass is 35.5. The number of rotatable bonds is 4. The van der Waals surface area contributed by atoms with Crippen molar-refractivity contribution in [2.45, 2.75) is 13.3 Å². The fourth-order valence-electron chi connectivity index (χ4n) is 1.52. The number of halogens is 1. The Labute approximate surface area is 129 Å². The molecule has 0 spiro atoms. The number of carbonyl (C=O) groups is 1. The van der Waals surface area contributed by atoms with Crippen LogP contribution >= 0.6 is 22.9 Å². The molecule has 1 aromatic heterocycles. The van der Waals surface area contributed by atoms with Gasteiger partial charge >= 0.3 is 0 Å². The number of nitrogens with one attached hydrogen (secondary N) is 1. The van der Waals surface area contributed by atoms with Gasteiger partial charge in [0.15, 0.2) is 11.5 Å². The van der Waals surface area contributed by atoms with Crippen LogP contribution in [-0.4, -0.2) is 27.3 Å². The average Bonchev–Trinajstić information content (AvgIpc) is 2.81. The van der Waals surface area contributed by atoms with Gasteiger partial charge in [0.05, 0.1) is 17.7 Å². The predicted molar refractivity (Wildman–Crippen MR) is 81.1 cm³/mol. The van der Waals surface area contributed by atoms with E-state index in [0.717, 1.165) is 5.69 Å². The molecule has 1 aromatic carbocycles. The predicted octanol–water partition coefficient (Wildman–Crippen LogP) is 2.21. The molecule has 0 unspecified atom stereocenters. The Hall–Kier alpha value is -2.12. The van der Waals surface area contributed by atoms with Crippen LogP contribution in [0, 0.1) is 6.92 Å². The second-order valence-electron chi connectivity index (χ2n) is 4.22. The summed E-state index contributed by atoms with van der Waals surface area (Å²) in [4.78, 5) is 15.8. The van der Waals surface area contributed by atoms with Crippen molar-refractivity contribution in [2.75, 3.05) is 0 Å². The minimum Gasteiger partial charge on any atom is -0.504 e. The molecule has 8 heteroatoms. The molecule has 0 aliphatic heterocycles. The van der Waals surface area contributed by atoms with Crippen LogP contribution < -0.4 is 5.43 Å². The Morgan fingerprint density at radius 2 is 2.29 bits per heavy atom. The van der Waals surface area contributed by atoms with Crippen molar-refractivity contribution in [3.8, 4) is 11.5 Å². The summed E-state index contributed by atoms with van der Waals surface area (Å²) >= 11 is 7.12. The molecule has 0 aliphatic carbocycles. The molecule has 1 amide bonds. The minimum atomic E-state index is -0.392. The number of phenolic OH excluding ortho intramolecular Hbond substituents is 2. The summed E-state index contributed by atoms with van der Waals surface area (Å²) in [6.07, 6.45) is 1.47. The van der Waals surface area contributed by atoms with Crippen LogP contribution in [0.5, 0.6) is 11.5 Å². The Kier molecular flexibility index (Phi) is 4.77. The van der Waals surface area contributed by atoms with Crippen molar-refractivity contribution in [1.29, 1.82) is 0 Å². The van der Waals surface area contributed by atoms with E-state index in [1.807, 2.05) is 12.3 Å². The van der Waals surface area contributed by atoms with Gasteiger partial charge in [0, 0.05) is 11.1 Å². The number of phenols is 2. The molecule has 6 nitrogen and oxygen atoms in total.